The lowest BCUT2D eigenvalue weighted by atomic mass is 10.0. The van der Waals surface area contributed by atoms with E-state index in [-0.39, 0.29) is 6.04 Å². The van der Waals surface area contributed by atoms with Gasteiger partial charge in [-0.25, -0.2) is 0 Å². The van der Waals surface area contributed by atoms with E-state index in [4.69, 9.17) is 4.74 Å². The Morgan fingerprint density at radius 3 is 2.48 bits per heavy atom. The Hall–Kier alpha value is -1.80. The van der Waals surface area contributed by atoms with Gasteiger partial charge in [0, 0.05) is 17.6 Å². The van der Waals surface area contributed by atoms with Crippen molar-refractivity contribution in [1.82, 2.24) is 5.32 Å². The first-order valence-corrected chi connectivity index (χ1v) is 7.66. The molecule has 0 radical (unpaired) electrons. The zero-order valence-electron chi connectivity index (χ0n) is 13.4. The van der Waals surface area contributed by atoms with Crippen LogP contribution in [-0.4, -0.2) is 6.61 Å². The first-order valence-electron chi connectivity index (χ1n) is 7.66. The van der Waals surface area contributed by atoms with E-state index in [2.05, 4.69) is 62.5 Å². The minimum Gasteiger partial charge on any atom is -0.494 e. The van der Waals surface area contributed by atoms with Gasteiger partial charge in [-0.1, -0.05) is 48.0 Å². The lowest BCUT2D eigenvalue weighted by Gasteiger charge is -2.23. The highest BCUT2D eigenvalue weighted by Crippen LogP contribution is 2.27. The molecule has 0 spiro atoms. The maximum Gasteiger partial charge on any atom is 0.124 e. The second-order valence-corrected chi connectivity index (χ2v) is 5.50. The van der Waals surface area contributed by atoms with E-state index in [9.17, 15) is 0 Å². The van der Waals surface area contributed by atoms with Crippen LogP contribution in [0.15, 0.2) is 48.5 Å². The summed E-state index contributed by atoms with van der Waals surface area (Å²) < 4.78 is 5.72. The topological polar surface area (TPSA) is 21.3 Å². The van der Waals surface area contributed by atoms with E-state index in [1.165, 1.54) is 16.7 Å². The minimum absolute atomic E-state index is 0.239. The summed E-state index contributed by atoms with van der Waals surface area (Å²) in [6.07, 6.45) is 0. The molecule has 1 N–H and O–H groups in total. The van der Waals surface area contributed by atoms with Gasteiger partial charge in [0.15, 0.2) is 0 Å². The van der Waals surface area contributed by atoms with Gasteiger partial charge in [-0.3, -0.25) is 0 Å². The number of hydrogen-bond acceptors (Lipinski definition) is 2. The molecule has 0 fully saturated rings. The van der Waals surface area contributed by atoms with Crippen molar-refractivity contribution in [2.45, 2.75) is 39.8 Å². The number of ether oxygens (including phenoxy) is 1. The molecule has 0 aliphatic rings. The molecule has 0 aliphatic carbocycles. The van der Waals surface area contributed by atoms with Gasteiger partial charge in [-0.05, 0) is 39.3 Å². The lowest BCUT2D eigenvalue weighted by Crippen LogP contribution is -2.23. The van der Waals surface area contributed by atoms with Gasteiger partial charge >= 0.3 is 0 Å². The van der Waals surface area contributed by atoms with E-state index >= 15 is 0 Å². The fourth-order valence-corrected chi connectivity index (χ4v) is 2.63. The highest BCUT2D eigenvalue weighted by atomic mass is 16.5. The molecule has 0 saturated heterocycles. The van der Waals surface area contributed by atoms with Crippen LogP contribution in [0, 0.1) is 6.92 Å². The van der Waals surface area contributed by atoms with Crippen molar-refractivity contribution < 1.29 is 4.74 Å². The molecule has 2 heteroatoms. The SMILES string of the molecule is CCOc1ccccc1C(C)N[C@@H](C)c1cccc(C)c1. The summed E-state index contributed by atoms with van der Waals surface area (Å²) in [4.78, 5) is 0. The predicted octanol–water partition coefficient (Wildman–Crippen LogP) is 4.81. The highest BCUT2D eigenvalue weighted by Gasteiger charge is 2.14. The summed E-state index contributed by atoms with van der Waals surface area (Å²) in [5.41, 5.74) is 3.82. The molecule has 0 amide bonds. The molecule has 2 aromatic carbocycles. The van der Waals surface area contributed by atoms with Crippen LogP contribution >= 0.6 is 0 Å². The molecule has 21 heavy (non-hydrogen) atoms. The number of benzene rings is 2. The minimum atomic E-state index is 0.239. The van der Waals surface area contributed by atoms with Crippen LogP contribution in [-0.2, 0) is 0 Å². The predicted molar refractivity (Wildman–Crippen MR) is 88.8 cm³/mol. The van der Waals surface area contributed by atoms with Crippen LogP contribution in [0.25, 0.3) is 0 Å². The largest absolute Gasteiger partial charge is 0.494 e. The second-order valence-electron chi connectivity index (χ2n) is 5.50. The van der Waals surface area contributed by atoms with Crippen molar-refractivity contribution in [3.63, 3.8) is 0 Å². The quantitative estimate of drug-likeness (QED) is 0.821. The van der Waals surface area contributed by atoms with Crippen molar-refractivity contribution in [2.75, 3.05) is 6.61 Å². The van der Waals surface area contributed by atoms with Gasteiger partial charge in [0.2, 0.25) is 0 Å². The Morgan fingerprint density at radius 2 is 1.76 bits per heavy atom. The molecular weight excluding hydrogens is 258 g/mol. The average Bonchev–Trinajstić information content (AvgIpc) is 2.48. The fraction of sp³-hybridized carbons (Fsp3) is 0.368. The summed E-state index contributed by atoms with van der Waals surface area (Å²) in [7, 11) is 0. The van der Waals surface area contributed by atoms with Crippen molar-refractivity contribution in [2.24, 2.45) is 0 Å². The van der Waals surface area contributed by atoms with Gasteiger partial charge in [-0.2, -0.15) is 0 Å². The Bertz CT molecular complexity index is 579. The van der Waals surface area contributed by atoms with Crippen LogP contribution in [0.1, 0.15) is 49.5 Å². The molecule has 112 valence electrons. The maximum atomic E-state index is 5.72. The Balaban J connectivity index is 2.12. The van der Waals surface area contributed by atoms with Gasteiger partial charge in [0.1, 0.15) is 5.75 Å². The van der Waals surface area contributed by atoms with Crippen LogP contribution in [0.5, 0.6) is 5.75 Å². The van der Waals surface area contributed by atoms with E-state index < -0.39 is 0 Å². The molecule has 0 saturated carbocycles. The zero-order valence-corrected chi connectivity index (χ0v) is 13.4. The van der Waals surface area contributed by atoms with Gasteiger partial charge < -0.3 is 10.1 Å². The standard InChI is InChI=1S/C19H25NO/c1-5-21-19-12-7-6-11-18(19)16(4)20-15(3)17-10-8-9-14(2)13-17/h6-13,15-16,20H,5H2,1-4H3/t15-,16?/m0/s1. The summed E-state index contributed by atoms with van der Waals surface area (Å²) in [5, 5.41) is 3.66. The molecule has 0 bridgehead atoms. The van der Waals surface area contributed by atoms with E-state index in [1.807, 2.05) is 19.1 Å². The molecule has 0 heterocycles. The van der Waals surface area contributed by atoms with E-state index in [0.29, 0.717) is 12.6 Å². The Morgan fingerprint density at radius 1 is 1.00 bits per heavy atom. The second kappa shape index (κ2) is 7.28. The monoisotopic (exact) mass is 283 g/mol. The van der Waals surface area contributed by atoms with E-state index in [0.717, 1.165) is 5.75 Å². The summed E-state index contributed by atoms with van der Waals surface area (Å²) in [5.74, 6) is 0.969. The highest BCUT2D eigenvalue weighted by molar-refractivity contribution is 5.36. The molecule has 2 rings (SSSR count). The van der Waals surface area contributed by atoms with Crippen molar-refractivity contribution in [3.05, 3.63) is 65.2 Å². The maximum absolute atomic E-state index is 5.72. The summed E-state index contributed by atoms with van der Waals surface area (Å²) in [6, 6.07) is 17.4. The van der Waals surface area contributed by atoms with Crippen molar-refractivity contribution in [1.29, 1.82) is 0 Å². The summed E-state index contributed by atoms with van der Waals surface area (Å²) in [6.45, 7) is 9.23. The number of nitrogens with one attached hydrogen (secondary N) is 1. The van der Waals surface area contributed by atoms with Crippen molar-refractivity contribution >= 4 is 0 Å². The molecule has 1 unspecified atom stereocenters. The molecule has 0 aliphatic heterocycles. The Labute approximate surface area is 128 Å². The number of para-hydroxylation sites is 1. The Kier molecular flexibility index (Phi) is 5.40. The smallest absolute Gasteiger partial charge is 0.124 e. The third-order valence-corrected chi connectivity index (χ3v) is 3.73. The van der Waals surface area contributed by atoms with Crippen LogP contribution in [0.4, 0.5) is 0 Å². The molecule has 0 aromatic heterocycles. The van der Waals surface area contributed by atoms with Gasteiger partial charge in [-0.15, -0.1) is 0 Å². The van der Waals surface area contributed by atoms with Gasteiger partial charge in [0.05, 0.1) is 6.61 Å². The van der Waals surface area contributed by atoms with Crippen LogP contribution in [0.3, 0.4) is 0 Å². The number of rotatable bonds is 6. The first-order chi connectivity index (χ1) is 10.1. The van der Waals surface area contributed by atoms with Crippen LogP contribution < -0.4 is 10.1 Å². The van der Waals surface area contributed by atoms with Crippen molar-refractivity contribution in [3.8, 4) is 5.75 Å². The third-order valence-electron chi connectivity index (χ3n) is 3.73. The van der Waals surface area contributed by atoms with E-state index in [1.54, 1.807) is 0 Å². The molecule has 2 atom stereocenters. The molecular formula is C19H25NO. The average molecular weight is 283 g/mol. The normalized spacial score (nSPS) is 13.7. The van der Waals surface area contributed by atoms with Crippen LogP contribution in [0.2, 0.25) is 0 Å². The third kappa shape index (κ3) is 4.08. The molecule has 2 nitrogen and oxygen atoms in total. The number of hydrogen-bond donors (Lipinski definition) is 1. The van der Waals surface area contributed by atoms with Gasteiger partial charge in [0.25, 0.3) is 0 Å². The zero-order chi connectivity index (χ0) is 15.2. The first kappa shape index (κ1) is 15.6. The number of aryl methyl sites for hydroxylation is 1. The molecule has 2 aromatic rings. The summed E-state index contributed by atoms with van der Waals surface area (Å²) >= 11 is 0. The lowest BCUT2D eigenvalue weighted by molar-refractivity contribution is 0.331. The fourth-order valence-electron chi connectivity index (χ4n) is 2.63.